The van der Waals surface area contributed by atoms with Crippen molar-refractivity contribution < 1.29 is 0 Å². The molecule has 0 aromatic carbocycles. The summed E-state index contributed by atoms with van der Waals surface area (Å²) in [6.45, 7) is 64.6. The highest BCUT2D eigenvalue weighted by Crippen LogP contribution is 2.33. The van der Waals surface area contributed by atoms with Crippen LogP contribution in [-0.2, 0) is 0 Å². The maximum absolute atomic E-state index is 4.58. The number of aromatic nitrogens is 1. The molecule has 0 fully saturated rings. The van der Waals surface area contributed by atoms with Gasteiger partial charge < -0.3 is 0 Å². The van der Waals surface area contributed by atoms with Gasteiger partial charge >= 0.3 is 0 Å². The Morgan fingerprint density at radius 3 is 1.35 bits per heavy atom. The quantitative estimate of drug-likeness (QED) is 0.137. The van der Waals surface area contributed by atoms with E-state index in [1.165, 1.54) is 73.6 Å². The third kappa shape index (κ3) is 52.0. The van der Waals surface area contributed by atoms with Gasteiger partial charge in [0.05, 0.1) is 0 Å². The Labute approximate surface area is 333 Å². The molecule has 2 unspecified atom stereocenters. The largest absolute Gasteiger partial charge is 0.258 e. The van der Waals surface area contributed by atoms with Crippen molar-refractivity contribution >= 4 is 5.57 Å². The first-order valence-corrected chi connectivity index (χ1v) is 21.4. The first-order chi connectivity index (χ1) is 24.5. The number of hydrogen-bond donors (Lipinski definition) is 0. The highest BCUT2D eigenvalue weighted by atomic mass is 14.7. The first-order valence-electron chi connectivity index (χ1n) is 21.4. The molecule has 0 radical (unpaired) electrons. The van der Waals surface area contributed by atoms with Gasteiger partial charge in [-0.2, -0.15) is 0 Å². The fourth-order valence-electron chi connectivity index (χ4n) is 4.48. The third-order valence-corrected chi connectivity index (χ3v) is 7.81. The predicted molar refractivity (Wildman–Crippen MR) is 254 cm³/mol. The van der Waals surface area contributed by atoms with E-state index in [2.05, 4.69) is 111 Å². The second kappa shape index (κ2) is 55.3. The average molecular weight is 728 g/mol. The Hall–Kier alpha value is -2.41. The number of unbranched alkanes of at least 4 members (excludes halogenated alkanes) is 1. The van der Waals surface area contributed by atoms with Gasteiger partial charge in [-0.15, -0.1) is 6.58 Å². The smallest absolute Gasteiger partial charge is 0.0450 e. The van der Waals surface area contributed by atoms with E-state index in [-0.39, 0.29) is 0 Å². The van der Waals surface area contributed by atoms with Crippen LogP contribution in [0.2, 0.25) is 0 Å². The van der Waals surface area contributed by atoms with Crippen molar-refractivity contribution in [2.24, 2.45) is 17.8 Å². The molecule has 0 saturated heterocycles. The summed E-state index contributed by atoms with van der Waals surface area (Å²) in [5.74, 6) is 2.59. The number of aryl methyl sites for hydroxylation is 2. The molecule has 0 amide bonds. The van der Waals surface area contributed by atoms with Crippen molar-refractivity contribution in [2.45, 2.75) is 210 Å². The normalized spacial score (nSPS) is 10.2. The molecule has 52 heavy (non-hydrogen) atoms. The molecule has 0 saturated carbocycles. The highest BCUT2D eigenvalue weighted by Gasteiger charge is 2.22. The molecule has 0 aliphatic heterocycles. The van der Waals surface area contributed by atoms with Crippen LogP contribution in [0.1, 0.15) is 213 Å². The Morgan fingerprint density at radius 1 is 0.692 bits per heavy atom. The second-order valence-electron chi connectivity index (χ2n) is 12.6. The van der Waals surface area contributed by atoms with Crippen LogP contribution in [-0.4, -0.2) is 4.98 Å². The zero-order chi connectivity index (χ0) is 43.3. The number of allylic oxidation sites excluding steroid dienone is 7. The molecular formula is C51H101N. The predicted octanol–water partition coefficient (Wildman–Crippen LogP) is 19.1. The molecule has 2 atom stereocenters. The van der Waals surface area contributed by atoms with E-state index in [1.54, 1.807) is 6.08 Å². The van der Waals surface area contributed by atoms with Crippen molar-refractivity contribution in [1.82, 2.24) is 4.98 Å². The molecule has 1 heteroatoms. The van der Waals surface area contributed by atoms with E-state index in [9.17, 15) is 0 Å². The number of rotatable bonds is 14. The van der Waals surface area contributed by atoms with Gasteiger partial charge in [-0.1, -0.05) is 202 Å². The first kappa shape index (κ1) is 67.7. The Kier molecular flexibility index (Phi) is 72.0. The summed E-state index contributed by atoms with van der Waals surface area (Å²) < 4.78 is 0. The van der Waals surface area contributed by atoms with Gasteiger partial charge in [-0.05, 0) is 110 Å². The minimum absolute atomic E-state index is 0.844. The van der Waals surface area contributed by atoms with Crippen LogP contribution in [0.3, 0.4) is 0 Å². The standard InChI is InChI=1S/C23H39N.C7H12.C5H8.C4H8.C4H10.4C2H6/c1-8-12-22(19(6)21(9-2)10-3)14-11-13-17(4)23-16-15-18(5)24-20(23)7;1-5-7(4)6(2)3;1-4-5(2)3;1-4(2)3;1-3-4-2;4*1-2/h15-16,19,21-22H,4,8-14H2,1-3,5-7H3;5H,2H2,1,3-4H3;4H,1-2H2,3H3;1H2,2-3H3;3-4H2,1-2H3;4*1-2H3/b;7-5+;;;;;;;. The lowest BCUT2D eigenvalue weighted by molar-refractivity contribution is 0.208. The summed E-state index contributed by atoms with van der Waals surface area (Å²) in [6.07, 6.45) is 15.4. The van der Waals surface area contributed by atoms with Crippen molar-refractivity contribution in [1.29, 1.82) is 0 Å². The molecule has 0 spiro atoms. The Balaban J connectivity index is -0.0000000939. The van der Waals surface area contributed by atoms with Crippen LogP contribution in [0.4, 0.5) is 0 Å². The average Bonchev–Trinajstić information content (AvgIpc) is 3.14. The van der Waals surface area contributed by atoms with Crippen LogP contribution in [0.5, 0.6) is 0 Å². The van der Waals surface area contributed by atoms with Crippen molar-refractivity contribution in [3.05, 3.63) is 96.4 Å². The maximum atomic E-state index is 4.58. The van der Waals surface area contributed by atoms with Crippen LogP contribution < -0.4 is 0 Å². The zero-order valence-corrected chi connectivity index (χ0v) is 40.4. The minimum atomic E-state index is 0.844. The lowest BCUT2D eigenvalue weighted by Crippen LogP contribution is -2.20. The molecule has 1 rings (SSSR count). The summed E-state index contributed by atoms with van der Waals surface area (Å²) in [5.41, 5.74) is 9.33. The van der Waals surface area contributed by atoms with Crippen molar-refractivity contribution in [2.75, 3.05) is 0 Å². The fourth-order valence-corrected chi connectivity index (χ4v) is 4.48. The third-order valence-electron chi connectivity index (χ3n) is 7.81. The lowest BCUT2D eigenvalue weighted by Gasteiger charge is -2.30. The molecular weight excluding hydrogens is 627 g/mol. The van der Waals surface area contributed by atoms with E-state index in [0.29, 0.717) is 0 Å². The van der Waals surface area contributed by atoms with E-state index < -0.39 is 0 Å². The highest BCUT2D eigenvalue weighted by molar-refractivity contribution is 5.65. The maximum Gasteiger partial charge on any atom is 0.0450 e. The summed E-state index contributed by atoms with van der Waals surface area (Å²) >= 11 is 0. The Morgan fingerprint density at radius 2 is 1.10 bits per heavy atom. The summed E-state index contributed by atoms with van der Waals surface area (Å²) in [7, 11) is 0. The number of pyridine rings is 1. The molecule has 0 bridgehead atoms. The van der Waals surface area contributed by atoms with Gasteiger partial charge in [-0.3, -0.25) is 4.98 Å². The van der Waals surface area contributed by atoms with E-state index in [0.717, 1.165) is 46.7 Å². The summed E-state index contributed by atoms with van der Waals surface area (Å²) in [4.78, 5) is 4.58. The van der Waals surface area contributed by atoms with E-state index >= 15 is 0 Å². The SMILES string of the molecule is C=C(C)/C(C)=C/C.C=C(C)C.C=C(CCCC(CCC)C(C)C(CC)CC)c1ccc(C)nc1C.C=CC(=C)C.CC.CC.CC.CC.CCCC. The van der Waals surface area contributed by atoms with Gasteiger partial charge in [0, 0.05) is 11.4 Å². The van der Waals surface area contributed by atoms with Crippen LogP contribution in [0.15, 0.2) is 79.5 Å². The second-order valence-corrected chi connectivity index (χ2v) is 12.6. The van der Waals surface area contributed by atoms with Gasteiger partial charge in [0.25, 0.3) is 0 Å². The topological polar surface area (TPSA) is 12.9 Å². The zero-order valence-electron chi connectivity index (χ0n) is 40.4. The van der Waals surface area contributed by atoms with E-state index in [4.69, 9.17) is 0 Å². The molecule has 0 aliphatic rings. The molecule has 0 N–H and O–H groups in total. The monoisotopic (exact) mass is 728 g/mol. The molecule has 0 aliphatic carbocycles. The molecule has 1 aromatic rings. The molecule has 1 aromatic heterocycles. The number of nitrogens with zero attached hydrogens (tertiary/aromatic N) is 1. The van der Waals surface area contributed by atoms with Gasteiger partial charge in [0.1, 0.15) is 0 Å². The summed E-state index contributed by atoms with van der Waals surface area (Å²) in [5, 5.41) is 0. The van der Waals surface area contributed by atoms with Crippen molar-refractivity contribution in [3.63, 3.8) is 0 Å². The van der Waals surface area contributed by atoms with Crippen LogP contribution in [0.25, 0.3) is 5.57 Å². The molecule has 310 valence electrons. The fraction of sp³-hybridized carbons (Fsp3) is 0.667. The lowest BCUT2D eigenvalue weighted by atomic mass is 9.76. The Bertz CT molecular complexity index is 932. The van der Waals surface area contributed by atoms with Crippen LogP contribution >= 0.6 is 0 Å². The minimum Gasteiger partial charge on any atom is -0.258 e. The number of hydrogen-bond acceptors (Lipinski definition) is 1. The van der Waals surface area contributed by atoms with Gasteiger partial charge in [0.15, 0.2) is 0 Å². The van der Waals surface area contributed by atoms with Crippen molar-refractivity contribution in [3.8, 4) is 0 Å². The van der Waals surface area contributed by atoms with Gasteiger partial charge in [0.2, 0.25) is 0 Å². The van der Waals surface area contributed by atoms with Gasteiger partial charge in [-0.25, -0.2) is 0 Å². The van der Waals surface area contributed by atoms with E-state index in [1.807, 2.05) is 96.9 Å². The molecule has 1 heterocycles. The summed E-state index contributed by atoms with van der Waals surface area (Å²) in [6, 6.07) is 4.29. The van der Waals surface area contributed by atoms with Crippen LogP contribution in [0, 0.1) is 31.6 Å². The molecule has 1 nitrogen and oxygen atoms in total.